The Bertz CT molecular complexity index is 1240. The Balaban J connectivity index is 1.56. The summed E-state index contributed by atoms with van der Waals surface area (Å²) < 4.78 is 10.5. The van der Waals surface area contributed by atoms with Crippen molar-refractivity contribution in [2.75, 3.05) is 14.2 Å². The molecule has 1 unspecified atom stereocenters. The van der Waals surface area contributed by atoms with E-state index in [9.17, 15) is 14.9 Å². The molecule has 7 nitrogen and oxygen atoms in total. The summed E-state index contributed by atoms with van der Waals surface area (Å²) in [7, 11) is 3.12. The van der Waals surface area contributed by atoms with Gasteiger partial charge in [-0.3, -0.25) is 9.59 Å². The molecule has 2 heterocycles. The predicted molar refractivity (Wildman–Crippen MR) is 118 cm³/mol. The lowest BCUT2D eigenvalue weighted by molar-refractivity contribution is -0.119. The molecule has 0 aliphatic heterocycles. The molecule has 1 aromatic carbocycles. The Morgan fingerprint density at radius 3 is 2.77 bits per heavy atom. The van der Waals surface area contributed by atoms with Crippen LogP contribution in [0.2, 0.25) is 0 Å². The Kier molecular flexibility index (Phi) is 6.05. The van der Waals surface area contributed by atoms with Gasteiger partial charge in [-0.05, 0) is 55.4 Å². The van der Waals surface area contributed by atoms with Crippen molar-refractivity contribution in [2.45, 2.75) is 44.4 Å². The van der Waals surface area contributed by atoms with Crippen molar-refractivity contribution >= 4 is 27.3 Å². The molecule has 31 heavy (non-hydrogen) atoms. The monoisotopic (exact) mass is 437 g/mol. The fourth-order valence-corrected chi connectivity index (χ4v) is 5.32. The number of ether oxygens (including phenoxy) is 2. The summed E-state index contributed by atoms with van der Waals surface area (Å²) in [6.45, 7) is 0. The minimum absolute atomic E-state index is 0.135. The number of H-pyrrole nitrogens is 1. The first kappa shape index (κ1) is 21.1. The Hall–Kier alpha value is -3.18. The molecule has 3 aromatic rings. The molecule has 1 aliphatic rings. The first-order chi connectivity index (χ1) is 15.0. The summed E-state index contributed by atoms with van der Waals surface area (Å²) in [5.74, 6) is -0.0445. The number of ketones is 1. The van der Waals surface area contributed by atoms with Gasteiger partial charge >= 0.3 is 0 Å². The number of aromatic nitrogens is 2. The summed E-state index contributed by atoms with van der Waals surface area (Å²) in [6.07, 6.45) is 4.60. The topological polar surface area (TPSA) is 105 Å². The third-order valence-corrected chi connectivity index (χ3v) is 6.86. The number of carbonyl (C=O) groups is 1. The zero-order valence-corrected chi connectivity index (χ0v) is 18.3. The number of aryl methyl sites for hydroxylation is 3. The molecule has 0 bridgehead atoms. The second-order valence-corrected chi connectivity index (χ2v) is 8.64. The van der Waals surface area contributed by atoms with Crippen LogP contribution in [0.3, 0.4) is 0 Å². The van der Waals surface area contributed by atoms with E-state index >= 15 is 0 Å². The minimum Gasteiger partial charge on any atom is -0.493 e. The van der Waals surface area contributed by atoms with Gasteiger partial charge < -0.3 is 14.5 Å². The van der Waals surface area contributed by atoms with Gasteiger partial charge in [-0.15, -0.1) is 11.3 Å². The highest BCUT2D eigenvalue weighted by atomic mass is 32.1. The van der Waals surface area contributed by atoms with Crippen LogP contribution in [0.5, 0.6) is 11.5 Å². The molecule has 160 valence electrons. The van der Waals surface area contributed by atoms with Crippen molar-refractivity contribution < 1.29 is 14.3 Å². The lowest BCUT2D eigenvalue weighted by atomic mass is 9.96. The molecule has 1 aliphatic carbocycles. The number of aromatic amines is 1. The fourth-order valence-electron chi connectivity index (χ4n) is 4.05. The molecule has 0 saturated carbocycles. The first-order valence-electron chi connectivity index (χ1n) is 10.2. The van der Waals surface area contributed by atoms with Crippen molar-refractivity contribution in [3.8, 4) is 17.6 Å². The number of Topliss-reactive ketones (excluding diaryl/α,β-unsaturated/α-hetero) is 1. The van der Waals surface area contributed by atoms with Crippen LogP contribution in [0.25, 0.3) is 10.2 Å². The molecule has 0 spiro atoms. The third kappa shape index (κ3) is 4.06. The number of rotatable bonds is 7. The van der Waals surface area contributed by atoms with E-state index in [4.69, 9.17) is 9.47 Å². The van der Waals surface area contributed by atoms with Gasteiger partial charge in [0, 0.05) is 11.3 Å². The second-order valence-electron chi connectivity index (χ2n) is 7.56. The molecular formula is C23H23N3O4S. The second kappa shape index (κ2) is 8.90. The van der Waals surface area contributed by atoms with E-state index in [2.05, 4.69) is 9.97 Å². The Morgan fingerprint density at radius 1 is 1.26 bits per heavy atom. The number of carbonyl (C=O) groups excluding carboxylic acids is 1. The number of thiophene rings is 1. The maximum Gasteiger partial charge on any atom is 0.259 e. The van der Waals surface area contributed by atoms with Gasteiger partial charge in [0.1, 0.15) is 10.7 Å². The summed E-state index contributed by atoms with van der Waals surface area (Å²) in [4.78, 5) is 34.6. The standard InChI is InChI=1S/C23H23N3O4S/c1-29-17-10-8-13(11-18(17)30-2)7-9-16(27)15(12-24)21-25-22(28)20-14-5-3-4-6-19(14)31-23(20)26-21/h8,10-11,15H,3-7,9H2,1-2H3,(H,25,26,28). The molecule has 0 amide bonds. The van der Waals surface area contributed by atoms with Crippen molar-refractivity contribution in [2.24, 2.45) is 0 Å². The van der Waals surface area contributed by atoms with E-state index in [1.165, 1.54) is 16.2 Å². The molecular weight excluding hydrogens is 414 g/mol. The van der Waals surface area contributed by atoms with E-state index in [-0.39, 0.29) is 23.6 Å². The van der Waals surface area contributed by atoms with Gasteiger partial charge in [-0.25, -0.2) is 4.98 Å². The number of nitrogens with one attached hydrogen (secondary N) is 1. The van der Waals surface area contributed by atoms with Crippen molar-refractivity contribution in [1.29, 1.82) is 5.26 Å². The Labute approximate surface area is 183 Å². The van der Waals surface area contributed by atoms with Gasteiger partial charge in [0.15, 0.2) is 23.2 Å². The van der Waals surface area contributed by atoms with Gasteiger partial charge in [0.05, 0.1) is 25.7 Å². The summed E-state index contributed by atoms with van der Waals surface area (Å²) in [5.41, 5.74) is 1.72. The highest BCUT2D eigenvalue weighted by molar-refractivity contribution is 7.18. The highest BCUT2D eigenvalue weighted by Crippen LogP contribution is 2.34. The van der Waals surface area contributed by atoms with Crippen LogP contribution in [0.1, 0.15) is 47.0 Å². The summed E-state index contributed by atoms with van der Waals surface area (Å²) in [5, 5.41) is 10.3. The number of fused-ring (bicyclic) bond motifs is 3. The molecule has 4 rings (SSSR count). The molecule has 8 heteroatoms. The van der Waals surface area contributed by atoms with E-state index in [1.54, 1.807) is 20.3 Å². The molecule has 0 saturated heterocycles. The van der Waals surface area contributed by atoms with E-state index in [1.807, 2.05) is 18.2 Å². The van der Waals surface area contributed by atoms with Crippen LogP contribution in [0.15, 0.2) is 23.0 Å². The average Bonchev–Trinajstić information content (AvgIpc) is 3.17. The minimum atomic E-state index is -1.10. The number of nitrogens with zero attached hydrogens (tertiary/aromatic N) is 2. The molecule has 1 N–H and O–H groups in total. The van der Waals surface area contributed by atoms with Gasteiger partial charge in [0.2, 0.25) is 0 Å². The average molecular weight is 438 g/mol. The van der Waals surface area contributed by atoms with Crippen LogP contribution in [-0.2, 0) is 24.1 Å². The number of benzene rings is 1. The van der Waals surface area contributed by atoms with Gasteiger partial charge in [0.25, 0.3) is 5.56 Å². The van der Waals surface area contributed by atoms with Crippen LogP contribution >= 0.6 is 11.3 Å². The predicted octanol–water partition coefficient (Wildman–Crippen LogP) is 3.69. The maximum absolute atomic E-state index is 12.8. The quantitative estimate of drug-likeness (QED) is 0.604. The van der Waals surface area contributed by atoms with Crippen LogP contribution in [0.4, 0.5) is 0 Å². The van der Waals surface area contributed by atoms with Crippen molar-refractivity contribution in [1.82, 2.24) is 9.97 Å². The molecule has 1 atom stereocenters. The number of nitriles is 1. The highest BCUT2D eigenvalue weighted by Gasteiger charge is 2.26. The fraction of sp³-hybridized carbons (Fsp3) is 0.391. The van der Waals surface area contributed by atoms with E-state index < -0.39 is 5.92 Å². The zero-order valence-electron chi connectivity index (χ0n) is 17.5. The zero-order chi connectivity index (χ0) is 22.0. The van der Waals surface area contributed by atoms with Crippen LogP contribution < -0.4 is 15.0 Å². The van der Waals surface area contributed by atoms with Gasteiger partial charge in [-0.1, -0.05) is 6.07 Å². The van der Waals surface area contributed by atoms with Gasteiger partial charge in [-0.2, -0.15) is 5.26 Å². The number of methoxy groups -OCH3 is 2. The summed E-state index contributed by atoms with van der Waals surface area (Å²) in [6, 6.07) is 7.49. The molecule has 2 aromatic heterocycles. The molecule has 0 radical (unpaired) electrons. The van der Waals surface area contributed by atoms with E-state index in [0.29, 0.717) is 28.1 Å². The Morgan fingerprint density at radius 2 is 2.03 bits per heavy atom. The van der Waals surface area contributed by atoms with Crippen molar-refractivity contribution in [3.63, 3.8) is 0 Å². The maximum atomic E-state index is 12.8. The normalized spacial score (nSPS) is 14.0. The number of hydrogen-bond acceptors (Lipinski definition) is 7. The lowest BCUT2D eigenvalue weighted by Crippen LogP contribution is -2.20. The molecule has 0 fully saturated rings. The van der Waals surface area contributed by atoms with Crippen molar-refractivity contribution in [3.05, 3.63) is 50.4 Å². The van der Waals surface area contributed by atoms with Crippen LogP contribution in [-0.4, -0.2) is 30.0 Å². The largest absolute Gasteiger partial charge is 0.493 e. The number of hydrogen-bond donors (Lipinski definition) is 1. The third-order valence-electron chi connectivity index (χ3n) is 5.68. The smallest absolute Gasteiger partial charge is 0.259 e. The summed E-state index contributed by atoms with van der Waals surface area (Å²) >= 11 is 1.51. The SMILES string of the molecule is COc1ccc(CCC(=O)C(C#N)c2nc3sc4c(c3c(=O)[nH]2)CCCC4)cc1OC. The first-order valence-corrected chi connectivity index (χ1v) is 11.0. The lowest BCUT2D eigenvalue weighted by Gasteiger charge is -2.11. The van der Waals surface area contributed by atoms with E-state index in [0.717, 1.165) is 36.8 Å². The van der Waals surface area contributed by atoms with Crippen LogP contribution in [0, 0.1) is 11.3 Å².